The van der Waals surface area contributed by atoms with Crippen LogP contribution in [-0.4, -0.2) is 42.9 Å². The highest BCUT2D eigenvalue weighted by molar-refractivity contribution is 6.01. The maximum absolute atomic E-state index is 13.7. The molecule has 34 heavy (non-hydrogen) atoms. The Labute approximate surface area is 201 Å². The first-order chi connectivity index (χ1) is 16.7. The zero-order valence-electron chi connectivity index (χ0n) is 19.6. The van der Waals surface area contributed by atoms with Crippen molar-refractivity contribution in [1.29, 1.82) is 0 Å². The molecule has 0 radical (unpaired) electrons. The minimum Gasteiger partial charge on any atom is -0.372 e. The van der Waals surface area contributed by atoms with E-state index in [4.69, 9.17) is 0 Å². The summed E-state index contributed by atoms with van der Waals surface area (Å²) in [6.45, 7) is 5.18. The molecule has 5 heteroatoms. The summed E-state index contributed by atoms with van der Waals surface area (Å²) in [7, 11) is 0. The van der Waals surface area contributed by atoms with Gasteiger partial charge in [0.05, 0.1) is 12.0 Å². The number of para-hydroxylation sites is 1. The van der Waals surface area contributed by atoms with E-state index in [1.807, 2.05) is 47.4 Å². The van der Waals surface area contributed by atoms with Crippen LogP contribution in [-0.2, 0) is 11.2 Å². The van der Waals surface area contributed by atoms with Gasteiger partial charge < -0.3 is 15.1 Å². The first-order valence-electron chi connectivity index (χ1n) is 12.2. The van der Waals surface area contributed by atoms with E-state index < -0.39 is 5.92 Å². The second-order valence-corrected chi connectivity index (χ2v) is 9.02. The average Bonchev–Trinajstić information content (AvgIpc) is 2.89. The number of fused-ring (bicyclic) bond motifs is 4. The summed E-state index contributed by atoms with van der Waals surface area (Å²) in [5, 5.41) is 3.20. The molecular formula is C29H31N3O2. The van der Waals surface area contributed by atoms with Crippen molar-refractivity contribution in [3.63, 3.8) is 0 Å². The van der Waals surface area contributed by atoms with Crippen molar-refractivity contribution in [2.24, 2.45) is 0 Å². The Morgan fingerprint density at radius 3 is 2.47 bits per heavy atom. The van der Waals surface area contributed by atoms with E-state index in [2.05, 4.69) is 53.5 Å². The molecule has 3 aromatic carbocycles. The molecule has 3 aromatic rings. The summed E-state index contributed by atoms with van der Waals surface area (Å²) >= 11 is 0. The molecule has 5 nitrogen and oxygen atoms in total. The van der Waals surface area contributed by atoms with Crippen LogP contribution in [0.25, 0.3) is 0 Å². The molecule has 0 saturated heterocycles. The number of rotatable bonds is 7. The Balaban J connectivity index is 1.35. The van der Waals surface area contributed by atoms with Gasteiger partial charge in [0.1, 0.15) is 0 Å². The quantitative estimate of drug-likeness (QED) is 0.534. The lowest BCUT2D eigenvalue weighted by Crippen LogP contribution is -2.50. The normalized spacial score (nSPS) is 18.5. The van der Waals surface area contributed by atoms with Crippen LogP contribution in [0.4, 0.5) is 5.69 Å². The number of amides is 2. The zero-order valence-corrected chi connectivity index (χ0v) is 19.6. The molecule has 2 amide bonds. The van der Waals surface area contributed by atoms with Crippen LogP contribution in [0.3, 0.4) is 0 Å². The molecular weight excluding hydrogens is 422 g/mol. The third kappa shape index (κ3) is 4.07. The molecule has 2 heterocycles. The van der Waals surface area contributed by atoms with Gasteiger partial charge in [-0.15, -0.1) is 0 Å². The monoisotopic (exact) mass is 453 g/mol. The van der Waals surface area contributed by atoms with E-state index >= 15 is 0 Å². The van der Waals surface area contributed by atoms with Gasteiger partial charge in [-0.2, -0.15) is 0 Å². The Hall–Kier alpha value is -3.60. The predicted molar refractivity (Wildman–Crippen MR) is 135 cm³/mol. The first-order valence-corrected chi connectivity index (χ1v) is 12.2. The fourth-order valence-corrected chi connectivity index (χ4v) is 5.46. The van der Waals surface area contributed by atoms with E-state index in [1.54, 1.807) is 0 Å². The molecule has 0 fully saturated rings. The van der Waals surface area contributed by atoms with E-state index in [0.29, 0.717) is 18.7 Å². The fourth-order valence-electron chi connectivity index (χ4n) is 5.46. The lowest BCUT2D eigenvalue weighted by Gasteiger charge is -2.45. The number of carbonyl (C=O) groups excluding carboxylic acids is 2. The molecule has 0 aromatic heterocycles. The second kappa shape index (κ2) is 9.72. The summed E-state index contributed by atoms with van der Waals surface area (Å²) in [5.74, 6) is -0.387. The molecule has 0 aliphatic carbocycles. The van der Waals surface area contributed by atoms with Crippen molar-refractivity contribution in [1.82, 2.24) is 10.2 Å². The topological polar surface area (TPSA) is 52.7 Å². The van der Waals surface area contributed by atoms with Gasteiger partial charge in [-0.05, 0) is 54.7 Å². The minimum atomic E-state index is -0.410. The van der Waals surface area contributed by atoms with Gasteiger partial charge in [-0.1, -0.05) is 60.7 Å². The van der Waals surface area contributed by atoms with Gasteiger partial charge in [-0.25, -0.2) is 0 Å². The lowest BCUT2D eigenvalue weighted by atomic mass is 9.76. The number of benzene rings is 3. The van der Waals surface area contributed by atoms with Crippen LogP contribution < -0.4 is 10.2 Å². The van der Waals surface area contributed by atoms with E-state index in [1.165, 1.54) is 11.3 Å². The van der Waals surface area contributed by atoms with Crippen LogP contribution in [0.2, 0.25) is 0 Å². The van der Waals surface area contributed by atoms with Crippen LogP contribution in [0.15, 0.2) is 78.9 Å². The maximum Gasteiger partial charge on any atom is 0.254 e. The van der Waals surface area contributed by atoms with Crippen molar-refractivity contribution in [2.45, 2.75) is 31.7 Å². The largest absolute Gasteiger partial charge is 0.372 e. The molecule has 0 bridgehead atoms. The van der Waals surface area contributed by atoms with Crippen molar-refractivity contribution in [3.8, 4) is 0 Å². The molecule has 2 unspecified atom stereocenters. The summed E-state index contributed by atoms with van der Waals surface area (Å²) in [6, 6.07) is 25.9. The van der Waals surface area contributed by atoms with E-state index in [0.717, 1.165) is 37.1 Å². The summed E-state index contributed by atoms with van der Waals surface area (Å²) < 4.78 is 0. The fraction of sp³-hybridized carbons (Fsp3) is 0.310. The number of hydrogen-bond acceptors (Lipinski definition) is 3. The van der Waals surface area contributed by atoms with Gasteiger partial charge >= 0.3 is 0 Å². The minimum absolute atomic E-state index is 0.00517. The van der Waals surface area contributed by atoms with Crippen molar-refractivity contribution < 1.29 is 9.59 Å². The average molecular weight is 454 g/mol. The number of nitrogens with zero attached hydrogens (tertiary/aromatic N) is 2. The highest BCUT2D eigenvalue weighted by atomic mass is 16.2. The maximum atomic E-state index is 13.7. The van der Waals surface area contributed by atoms with Gasteiger partial charge in [0.2, 0.25) is 5.91 Å². The van der Waals surface area contributed by atoms with Crippen LogP contribution in [0.1, 0.15) is 52.4 Å². The van der Waals surface area contributed by atoms with Crippen molar-refractivity contribution in [3.05, 3.63) is 101 Å². The Bertz CT molecular complexity index is 1180. The van der Waals surface area contributed by atoms with Gasteiger partial charge in [0, 0.05) is 37.4 Å². The Morgan fingerprint density at radius 1 is 0.971 bits per heavy atom. The highest BCUT2D eigenvalue weighted by Gasteiger charge is 2.45. The van der Waals surface area contributed by atoms with Crippen LogP contribution in [0, 0.1) is 0 Å². The van der Waals surface area contributed by atoms with Crippen molar-refractivity contribution >= 4 is 17.5 Å². The Kier molecular flexibility index (Phi) is 6.35. The smallest absolute Gasteiger partial charge is 0.254 e. The molecule has 2 atom stereocenters. The predicted octanol–water partition coefficient (Wildman–Crippen LogP) is 4.56. The third-order valence-electron chi connectivity index (χ3n) is 7.12. The molecule has 2 aliphatic rings. The molecule has 0 spiro atoms. The summed E-state index contributed by atoms with van der Waals surface area (Å²) in [4.78, 5) is 31.2. The van der Waals surface area contributed by atoms with Crippen LogP contribution >= 0.6 is 0 Å². The third-order valence-corrected chi connectivity index (χ3v) is 7.12. The summed E-state index contributed by atoms with van der Waals surface area (Å²) in [6.07, 6.45) is 1.67. The number of anilines is 1. The Morgan fingerprint density at radius 2 is 1.68 bits per heavy atom. The van der Waals surface area contributed by atoms with E-state index in [9.17, 15) is 9.59 Å². The molecule has 2 aliphatic heterocycles. The first kappa shape index (κ1) is 22.2. The number of carbonyl (C=O) groups is 2. The SMILES string of the molecule is CCN(CCCNC(=O)C1c2ccccc2C(=O)N2CCc3ccccc3C12)c1ccccc1. The molecule has 1 N–H and O–H groups in total. The van der Waals surface area contributed by atoms with Gasteiger partial charge in [0.25, 0.3) is 5.91 Å². The van der Waals surface area contributed by atoms with E-state index in [-0.39, 0.29) is 17.9 Å². The second-order valence-electron chi connectivity index (χ2n) is 9.02. The van der Waals surface area contributed by atoms with Crippen LogP contribution in [0.5, 0.6) is 0 Å². The van der Waals surface area contributed by atoms with Gasteiger partial charge in [0.15, 0.2) is 0 Å². The zero-order chi connectivity index (χ0) is 23.5. The molecule has 5 rings (SSSR count). The lowest BCUT2D eigenvalue weighted by molar-refractivity contribution is -0.124. The standard InChI is InChI=1S/C29H31N3O2/c1-2-31(22-12-4-3-5-13-22)19-10-18-30-28(33)26-24-15-8-9-16-25(24)29(34)32-20-17-21-11-6-7-14-23(21)27(26)32/h3-9,11-16,26-27H,2,10,17-20H2,1H3,(H,30,33). The number of nitrogens with one attached hydrogen (secondary N) is 1. The molecule has 174 valence electrons. The summed E-state index contributed by atoms with van der Waals surface area (Å²) in [5.41, 5.74) is 5.01. The highest BCUT2D eigenvalue weighted by Crippen LogP contribution is 2.45. The number of hydrogen-bond donors (Lipinski definition) is 1. The van der Waals surface area contributed by atoms with Gasteiger partial charge in [-0.3, -0.25) is 9.59 Å². The molecule has 0 saturated carbocycles. The van der Waals surface area contributed by atoms with Crippen molar-refractivity contribution in [2.75, 3.05) is 31.1 Å².